The number of para-hydroxylation sites is 1. The number of cyclic esters (lactones) is 1. The zero-order valence-corrected chi connectivity index (χ0v) is 42.7. The summed E-state index contributed by atoms with van der Waals surface area (Å²) < 4.78 is 49.3. The Bertz CT molecular complexity index is 2010. The third-order valence-electron chi connectivity index (χ3n) is 13.9. The van der Waals surface area contributed by atoms with Gasteiger partial charge in [0.25, 0.3) is 0 Å². The molecule has 4 heterocycles. The zero-order chi connectivity index (χ0) is 51.3. The van der Waals surface area contributed by atoms with Gasteiger partial charge in [-0.1, -0.05) is 57.2 Å². The third-order valence-corrected chi connectivity index (χ3v) is 13.9. The van der Waals surface area contributed by atoms with E-state index in [-0.39, 0.29) is 44.6 Å². The number of allylic oxidation sites excluding steroid dienone is 1. The number of carbonyl (C=O) groups excluding carboxylic acids is 4. The molecule has 6 unspecified atom stereocenters. The Balaban J connectivity index is 1.41. The topological polar surface area (TPSA) is 222 Å². The number of β-amino-alcohol motifs (C(OH)–C–C–N with tert-alkyl or cyclic N) is 1. The van der Waals surface area contributed by atoms with E-state index < -0.39 is 115 Å². The number of hydrogen-bond acceptors (Lipinski definition) is 18. The van der Waals surface area contributed by atoms with Crippen LogP contribution in [0.3, 0.4) is 0 Å². The van der Waals surface area contributed by atoms with Crippen molar-refractivity contribution in [3.05, 3.63) is 54.2 Å². The Labute approximate surface area is 413 Å². The van der Waals surface area contributed by atoms with Gasteiger partial charge in [-0.25, -0.2) is 0 Å². The number of nitrogens with zero attached hydrogens (tertiary/aromatic N) is 3. The number of aldehydes is 1. The molecule has 5 rings (SSSR count). The van der Waals surface area contributed by atoms with Gasteiger partial charge in [-0.2, -0.15) is 0 Å². The van der Waals surface area contributed by atoms with Crippen molar-refractivity contribution in [3.63, 3.8) is 0 Å². The van der Waals surface area contributed by atoms with Crippen LogP contribution in [-0.2, 0) is 63.5 Å². The zero-order valence-electron chi connectivity index (χ0n) is 42.7. The SMILES string of the molecule is CCC(=O)O[C@@H]1CC(=O)OCCC(C=CCc2cccc3cccnc23)CN(C)C[C@H](O)[C@H](C)C[C@H](CC=O)[C@H](O[C@@H]2OC(C)[C@@H](O[C@H]3CC(C)(O)[C@@H](OC(=O)CC)C(C)O3)C(N(C)C)C2O)[C@H]1OC. The largest absolute Gasteiger partial charge is 0.466 e. The predicted molar refractivity (Wildman–Crippen MR) is 258 cm³/mol. The van der Waals surface area contributed by atoms with E-state index >= 15 is 0 Å². The van der Waals surface area contributed by atoms with Crippen molar-refractivity contribution in [3.8, 4) is 0 Å². The fourth-order valence-corrected chi connectivity index (χ4v) is 10.1. The highest BCUT2D eigenvalue weighted by Gasteiger charge is 2.53. The maximum absolute atomic E-state index is 13.8. The van der Waals surface area contributed by atoms with E-state index in [4.69, 9.17) is 37.9 Å². The first kappa shape index (κ1) is 57.0. The van der Waals surface area contributed by atoms with E-state index in [1.165, 1.54) is 7.11 Å². The molecule has 3 aliphatic rings. The first-order valence-corrected chi connectivity index (χ1v) is 24.9. The van der Waals surface area contributed by atoms with Crippen LogP contribution >= 0.6 is 0 Å². The molecular weight excluding hydrogens is 907 g/mol. The lowest BCUT2D eigenvalue weighted by Crippen LogP contribution is -2.66. The smallest absolute Gasteiger partial charge is 0.309 e. The second-order valence-electron chi connectivity index (χ2n) is 19.8. The average molecular weight is 986 g/mol. The number of methoxy groups -OCH3 is 1. The number of fused-ring (bicyclic) bond motifs is 1. The van der Waals surface area contributed by atoms with E-state index in [1.807, 2.05) is 43.1 Å². The minimum atomic E-state index is -1.50. The Morgan fingerprint density at radius 1 is 0.971 bits per heavy atom. The van der Waals surface area contributed by atoms with Gasteiger partial charge in [0.2, 0.25) is 0 Å². The van der Waals surface area contributed by atoms with Gasteiger partial charge < -0.3 is 67.8 Å². The van der Waals surface area contributed by atoms with Crippen molar-refractivity contribution in [2.24, 2.45) is 17.8 Å². The van der Waals surface area contributed by atoms with E-state index in [2.05, 4.69) is 23.2 Å². The first-order chi connectivity index (χ1) is 33.3. The van der Waals surface area contributed by atoms with Gasteiger partial charge >= 0.3 is 17.9 Å². The summed E-state index contributed by atoms with van der Waals surface area (Å²) in [5.41, 5.74) is 0.512. The molecule has 392 valence electrons. The van der Waals surface area contributed by atoms with Crippen LogP contribution in [0.25, 0.3) is 10.9 Å². The highest BCUT2D eigenvalue weighted by Crippen LogP contribution is 2.38. The van der Waals surface area contributed by atoms with Gasteiger partial charge in [0.05, 0.1) is 49.0 Å². The van der Waals surface area contributed by atoms with E-state index in [0.29, 0.717) is 25.9 Å². The Hall–Kier alpha value is -3.95. The van der Waals surface area contributed by atoms with Crippen molar-refractivity contribution in [1.29, 1.82) is 0 Å². The number of carbonyl (C=O) groups is 4. The normalized spacial score (nSPS) is 35.6. The number of aliphatic hydroxyl groups excluding tert-OH is 2. The molecule has 1 aromatic heterocycles. The maximum Gasteiger partial charge on any atom is 0.309 e. The third kappa shape index (κ3) is 15.3. The number of rotatable bonds is 15. The minimum absolute atomic E-state index is 0.0117. The monoisotopic (exact) mass is 986 g/mol. The number of esters is 3. The molecule has 0 saturated carbocycles. The lowest BCUT2D eigenvalue weighted by molar-refractivity contribution is -0.344. The summed E-state index contributed by atoms with van der Waals surface area (Å²) in [5.74, 6) is -2.90. The lowest BCUT2D eigenvalue weighted by Gasteiger charge is -2.50. The molecule has 0 aliphatic carbocycles. The van der Waals surface area contributed by atoms with Crippen LogP contribution in [0.15, 0.2) is 48.7 Å². The predicted octanol–water partition coefficient (Wildman–Crippen LogP) is 4.16. The van der Waals surface area contributed by atoms with Crippen LogP contribution in [0.5, 0.6) is 0 Å². The van der Waals surface area contributed by atoms with Crippen LogP contribution in [-0.4, -0.2) is 181 Å². The Morgan fingerprint density at radius 2 is 1.69 bits per heavy atom. The first-order valence-electron chi connectivity index (χ1n) is 24.9. The number of ether oxygens (including phenoxy) is 8. The van der Waals surface area contributed by atoms with Crippen molar-refractivity contribution in [2.45, 2.75) is 172 Å². The van der Waals surface area contributed by atoms with Gasteiger partial charge in [-0.3, -0.25) is 19.4 Å². The molecule has 0 bridgehead atoms. The van der Waals surface area contributed by atoms with Crippen molar-refractivity contribution in [2.75, 3.05) is 47.9 Å². The molecule has 0 amide bonds. The number of aromatic nitrogens is 1. The fourth-order valence-electron chi connectivity index (χ4n) is 10.1. The van der Waals surface area contributed by atoms with Crippen molar-refractivity contribution in [1.82, 2.24) is 14.8 Å². The van der Waals surface area contributed by atoms with Crippen molar-refractivity contribution < 1.29 is 72.4 Å². The summed E-state index contributed by atoms with van der Waals surface area (Å²) >= 11 is 0. The van der Waals surface area contributed by atoms with E-state index in [1.54, 1.807) is 59.8 Å². The summed E-state index contributed by atoms with van der Waals surface area (Å²) in [6, 6.07) is 9.24. The molecule has 3 N–H and O–H groups in total. The molecule has 3 saturated heterocycles. The Kier molecular flexibility index (Phi) is 21.7. The molecule has 70 heavy (non-hydrogen) atoms. The van der Waals surface area contributed by atoms with Crippen LogP contribution in [0, 0.1) is 17.8 Å². The quantitative estimate of drug-likeness (QED) is 0.0987. The fraction of sp³-hybridized carbons (Fsp3) is 0.712. The number of likely N-dealkylation sites (N-methyl/N-ethyl adjacent to an activating group) is 2. The Morgan fingerprint density at radius 3 is 2.36 bits per heavy atom. The summed E-state index contributed by atoms with van der Waals surface area (Å²) in [7, 11) is 6.82. The van der Waals surface area contributed by atoms with Crippen molar-refractivity contribution >= 4 is 35.1 Å². The average Bonchev–Trinajstić information content (AvgIpc) is 3.30. The van der Waals surface area contributed by atoms with Crippen LogP contribution in [0.2, 0.25) is 0 Å². The molecule has 0 spiro atoms. The highest BCUT2D eigenvalue weighted by molar-refractivity contribution is 5.81. The molecule has 18 nitrogen and oxygen atoms in total. The van der Waals surface area contributed by atoms with Gasteiger partial charge in [0.15, 0.2) is 18.7 Å². The summed E-state index contributed by atoms with van der Waals surface area (Å²) in [6.07, 6.45) is -3.86. The molecule has 3 fully saturated rings. The molecule has 2 aromatic rings. The molecule has 0 radical (unpaired) electrons. The number of aliphatic hydroxyl groups is 3. The molecule has 3 aliphatic heterocycles. The van der Waals surface area contributed by atoms with Crippen LogP contribution in [0.4, 0.5) is 0 Å². The summed E-state index contributed by atoms with van der Waals surface area (Å²) in [5, 5.41) is 36.5. The standard InChI is InChI=1S/C52H79N3O15/c1-11-40(58)67-39-27-42(60)64-25-22-34(16-13-17-35-18-14-19-36-20-15-23-53-44(35)36)29-55(9)30-38(57)31(3)26-37(21-24-56)48(49(39)63-10)70-51-46(61)45(54(7)8)47(32(4)66-51)69-43-28-52(6,62)50(33(5)65-43)68-41(59)12-2/h13-16,18-20,23-24,31-34,37-39,43,45-51,57,61-62H,11-12,17,21-22,25-30H2,1-10H3/t31-,32?,33?,34?,37+,38+,39-,43+,45?,46?,47-,48+,49+,50+,51+,52?/m1/s1. The van der Waals surface area contributed by atoms with E-state index in [9.17, 15) is 34.5 Å². The lowest BCUT2D eigenvalue weighted by atomic mass is 9.82. The number of pyridine rings is 1. The number of hydrogen-bond donors (Lipinski definition) is 3. The second kappa shape index (κ2) is 26.7. The van der Waals surface area contributed by atoms with Gasteiger partial charge in [0, 0.05) is 57.5 Å². The minimum Gasteiger partial charge on any atom is -0.466 e. The second-order valence-corrected chi connectivity index (χ2v) is 19.8. The van der Waals surface area contributed by atoms with Gasteiger partial charge in [-0.05, 0) is 90.6 Å². The van der Waals surface area contributed by atoms with Crippen LogP contribution < -0.4 is 0 Å². The summed E-state index contributed by atoms with van der Waals surface area (Å²) in [6.45, 7) is 11.1. The van der Waals surface area contributed by atoms with Gasteiger partial charge in [0.1, 0.15) is 36.3 Å². The van der Waals surface area contributed by atoms with Crippen LogP contribution in [0.1, 0.15) is 92.1 Å². The van der Waals surface area contributed by atoms with Gasteiger partial charge in [-0.15, -0.1) is 0 Å². The maximum atomic E-state index is 13.8. The summed E-state index contributed by atoms with van der Waals surface area (Å²) in [4.78, 5) is 60.1. The number of benzene rings is 1. The molecule has 1 aromatic carbocycles. The molecule has 18 heteroatoms. The molecular formula is C52H79N3O15. The van der Waals surface area contributed by atoms with E-state index in [0.717, 1.165) is 22.8 Å². The molecule has 16 atom stereocenters. The highest BCUT2D eigenvalue weighted by atomic mass is 16.7.